The maximum absolute atomic E-state index is 2.46. The smallest absolute Gasteiger partial charge is 0.0782 e. The quantitative estimate of drug-likeness (QED) is 0.139. The fourth-order valence-corrected chi connectivity index (χ4v) is 9.95. The van der Waals surface area contributed by atoms with Gasteiger partial charge in [0.15, 0.2) is 0 Å². The van der Waals surface area contributed by atoms with Gasteiger partial charge in [-0.05, 0) is 109 Å². The zero-order chi connectivity index (χ0) is 42.4. The summed E-state index contributed by atoms with van der Waals surface area (Å²) in [5, 5.41) is 7.44. The molecule has 12 aromatic rings. The van der Waals surface area contributed by atoms with Crippen molar-refractivity contribution in [2.75, 3.05) is 4.90 Å². The molecule has 64 heavy (non-hydrogen) atoms. The van der Waals surface area contributed by atoms with Crippen LogP contribution in [0.25, 0.3) is 93.5 Å². The van der Waals surface area contributed by atoms with Crippen LogP contribution in [0.5, 0.6) is 0 Å². The van der Waals surface area contributed by atoms with Gasteiger partial charge < -0.3 is 9.47 Å². The van der Waals surface area contributed by atoms with Crippen molar-refractivity contribution in [1.82, 2.24) is 4.57 Å². The molecule has 2 heteroatoms. The fourth-order valence-electron chi connectivity index (χ4n) is 9.95. The van der Waals surface area contributed by atoms with Crippen LogP contribution in [0.2, 0.25) is 0 Å². The van der Waals surface area contributed by atoms with Crippen LogP contribution in [0.4, 0.5) is 17.1 Å². The molecule has 300 valence electrons. The minimum Gasteiger partial charge on any atom is -0.308 e. The highest BCUT2D eigenvalue weighted by atomic mass is 15.2. The van der Waals surface area contributed by atoms with E-state index in [4.69, 9.17) is 0 Å². The van der Waals surface area contributed by atoms with Crippen molar-refractivity contribution in [3.63, 3.8) is 0 Å². The molecule has 11 aromatic carbocycles. The Morgan fingerprint density at radius 2 is 0.781 bits per heavy atom. The van der Waals surface area contributed by atoms with Gasteiger partial charge in [-0.15, -0.1) is 0 Å². The van der Waals surface area contributed by atoms with Crippen molar-refractivity contribution in [3.8, 4) is 50.2 Å². The lowest BCUT2D eigenvalue weighted by molar-refractivity contribution is 1.17. The number of benzene rings is 11. The molecule has 0 aliphatic carbocycles. The van der Waals surface area contributed by atoms with Gasteiger partial charge in [0.1, 0.15) is 0 Å². The van der Waals surface area contributed by atoms with Crippen molar-refractivity contribution in [2.45, 2.75) is 0 Å². The Balaban J connectivity index is 1.08. The summed E-state index contributed by atoms with van der Waals surface area (Å²) in [6.07, 6.45) is 0. The van der Waals surface area contributed by atoms with Crippen LogP contribution in [0.3, 0.4) is 0 Å². The number of hydrogen-bond donors (Lipinski definition) is 0. The molecule has 12 rings (SSSR count). The van der Waals surface area contributed by atoms with E-state index in [-0.39, 0.29) is 0 Å². The molecule has 0 bridgehead atoms. The van der Waals surface area contributed by atoms with E-state index >= 15 is 0 Å². The summed E-state index contributed by atoms with van der Waals surface area (Å²) in [5.74, 6) is 0. The van der Waals surface area contributed by atoms with Crippen LogP contribution in [-0.2, 0) is 0 Å². The second-order valence-electron chi connectivity index (χ2n) is 16.4. The topological polar surface area (TPSA) is 8.17 Å². The first-order valence-corrected chi connectivity index (χ1v) is 22.0. The summed E-state index contributed by atoms with van der Waals surface area (Å²) in [6.45, 7) is 0. The molecule has 0 fully saturated rings. The Morgan fingerprint density at radius 3 is 1.48 bits per heavy atom. The van der Waals surface area contributed by atoms with Crippen LogP contribution in [0, 0.1) is 0 Å². The van der Waals surface area contributed by atoms with Gasteiger partial charge in [-0.1, -0.05) is 206 Å². The molecule has 2 nitrogen and oxygen atoms in total. The number of hydrogen-bond acceptors (Lipinski definition) is 1. The van der Waals surface area contributed by atoms with Gasteiger partial charge >= 0.3 is 0 Å². The zero-order valence-corrected chi connectivity index (χ0v) is 35.1. The average Bonchev–Trinajstić information content (AvgIpc) is 3.72. The summed E-state index contributed by atoms with van der Waals surface area (Å²) < 4.78 is 2.43. The lowest BCUT2D eigenvalue weighted by atomic mass is 9.84. The first-order valence-electron chi connectivity index (χ1n) is 22.0. The Labute approximate surface area is 373 Å². The molecular formula is C62H42N2. The summed E-state index contributed by atoms with van der Waals surface area (Å²) in [4.78, 5) is 2.46. The van der Waals surface area contributed by atoms with E-state index in [0.29, 0.717) is 0 Å². The molecule has 0 spiro atoms. The monoisotopic (exact) mass is 814 g/mol. The SMILES string of the molecule is c1ccc(-c2ccccc2N(c2ccc(-c3ccc4c(c3)c(-c3ccccc3)c(-c3ccccc3)c3ccccc34)cc2)c2cccc3c4ccccc4n(-c4ccccc4)c23)cc1. The van der Waals surface area contributed by atoms with Gasteiger partial charge in [0.05, 0.1) is 22.4 Å². The van der Waals surface area contributed by atoms with E-state index in [1.54, 1.807) is 0 Å². The van der Waals surface area contributed by atoms with Crippen molar-refractivity contribution < 1.29 is 0 Å². The molecule has 0 aliphatic heterocycles. The average molecular weight is 815 g/mol. The molecule has 0 amide bonds. The van der Waals surface area contributed by atoms with E-state index in [1.807, 2.05) is 0 Å². The van der Waals surface area contributed by atoms with Gasteiger partial charge in [-0.25, -0.2) is 0 Å². The summed E-state index contributed by atoms with van der Waals surface area (Å²) in [5.41, 5.74) is 16.4. The second kappa shape index (κ2) is 15.8. The first kappa shape index (κ1) is 37.3. The molecule has 1 aromatic heterocycles. The third-order valence-corrected chi connectivity index (χ3v) is 12.8. The summed E-state index contributed by atoms with van der Waals surface area (Å²) in [6, 6.07) is 92.6. The minimum atomic E-state index is 1.08. The van der Waals surface area contributed by atoms with E-state index < -0.39 is 0 Å². The van der Waals surface area contributed by atoms with Crippen molar-refractivity contribution in [2.24, 2.45) is 0 Å². The fraction of sp³-hybridized carbons (Fsp3) is 0. The first-order chi connectivity index (χ1) is 31.8. The summed E-state index contributed by atoms with van der Waals surface area (Å²) >= 11 is 0. The minimum absolute atomic E-state index is 1.08. The van der Waals surface area contributed by atoms with Crippen LogP contribution in [0.1, 0.15) is 0 Å². The molecule has 0 atom stereocenters. The van der Waals surface area contributed by atoms with Crippen LogP contribution >= 0.6 is 0 Å². The molecule has 1 heterocycles. The summed E-state index contributed by atoms with van der Waals surface area (Å²) in [7, 11) is 0. The molecular weight excluding hydrogens is 773 g/mol. The third kappa shape index (κ3) is 6.27. The maximum atomic E-state index is 2.46. The zero-order valence-electron chi connectivity index (χ0n) is 35.1. The number of rotatable bonds is 8. The van der Waals surface area contributed by atoms with Crippen molar-refractivity contribution in [3.05, 3.63) is 255 Å². The highest BCUT2D eigenvalue weighted by Gasteiger charge is 2.24. The van der Waals surface area contributed by atoms with Gasteiger partial charge in [-0.2, -0.15) is 0 Å². The van der Waals surface area contributed by atoms with Crippen LogP contribution < -0.4 is 4.90 Å². The van der Waals surface area contributed by atoms with E-state index in [0.717, 1.165) is 39.4 Å². The Hall–Kier alpha value is -8.46. The molecule has 0 unspecified atom stereocenters. The third-order valence-electron chi connectivity index (χ3n) is 12.8. The Morgan fingerprint density at radius 1 is 0.281 bits per heavy atom. The van der Waals surface area contributed by atoms with Gasteiger partial charge in [0, 0.05) is 27.7 Å². The number of nitrogens with zero attached hydrogens (tertiary/aromatic N) is 2. The number of aromatic nitrogens is 1. The standard InChI is InChI=1S/C62H42N2/c1-5-20-44(21-6-1)50-28-15-17-33-57(50)63(59-35-19-32-55-53-30-16-18-34-58(53)64(62(55)59)48-26-11-4-12-27-48)49-39-36-43(37-40-49)47-38-41-52-51-29-13-14-31-54(51)60(45-22-7-2-8-23-45)61(56(52)42-47)46-24-9-3-10-25-46/h1-42H. The van der Waals surface area contributed by atoms with Crippen LogP contribution in [0.15, 0.2) is 255 Å². The Bertz CT molecular complexity index is 3630. The van der Waals surface area contributed by atoms with E-state index in [1.165, 1.54) is 71.2 Å². The van der Waals surface area contributed by atoms with Crippen molar-refractivity contribution >= 4 is 60.4 Å². The van der Waals surface area contributed by atoms with Gasteiger partial charge in [0.25, 0.3) is 0 Å². The lowest BCUT2D eigenvalue weighted by Gasteiger charge is -2.29. The number of para-hydroxylation sites is 4. The van der Waals surface area contributed by atoms with E-state index in [2.05, 4.69) is 264 Å². The van der Waals surface area contributed by atoms with Crippen LogP contribution in [-0.4, -0.2) is 4.57 Å². The maximum Gasteiger partial charge on any atom is 0.0782 e. The highest BCUT2D eigenvalue weighted by molar-refractivity contribution is 6.22. The lowest BCUT2D eigenvalue weighted by Crippen LogP contribution is -2.12. The molecule has 0 aliphatic rings. The van der Waals surface area contributed by atoms with Crippen molar-refractivity contribution in [1.29, 1.82) is 0 Å². The normalized spacial score (nSPS) is 11.4. The predicted octanol–water partition coefficient (Wildman–Crippen LogP) is 17.2. The number of anilines is 3. The van der Waals surface area contributed by atoms with Gasteiger partial charge in [-0.3, -0.25) is 0 Å². The molecule has 0 N–H and O–H groups in total. The van der Waals surface area contributed by atoms with Gasteiger partial charge in [0.2, 0.25) is 0 Å². The second-order valence-corrected chi connectivity index (χ2v) is 16.4. The molecule has 0 radical (unpaired) electrons. The molecule has 0 saturated carbocycles. The number of fused-ring (bicyclic) bond motifs is 6. The predicted molar refractivity (Wildman–Crippen MR) is 272 cm³/mol. The molecule has 0 saturated heterocycles. The largest absolute Gasteiger partial charge is 0.308 e. The van der Waals surface area contributed by atoms with E-state index in [9.17, 15) is 0 Å². The Kier molecular flexibility index (Phi) is 9.20. The highest BCUT2D eigenvalue weighted by Crippen LogP contribution is 2.48.